The van der Waals surface area contributed by atoms with Gasteiger partial charge in [-0.15, -0.1) is 0 Å². The molecule has 0 saturated carbocycles. The van der Waals surface area contributed by atoms with E-state index in [2.05, 4.69) is 5.32 Å². The van der Waals surface area contributed by atoms with Crippen LogP contribution in [0.25, 0.3) is 0 Å². The lowest BCUT2D eigenvalue weighted by Crippen LogP contribution is -2.37. The highest BCUT2D eigenvalue weighted by atomic mass is 32.2. The molecule has 0 aromatic heterocycles. The van der Waals surface area contributed by atoms with E-state index in [-0.39, 0.29) is 16.4 Å². The van der Waals surface area contributed by atoms with Crippen LogP contribution in [0.15, 0.2) is 23.1 Å². The second kappa shape index (κ2) is 6.42. The quantitative estimate of drug-likeness (QED) is 0.874. The predicted octanol–water partition coefficient (Wildman–Crippen LogP) is 2.29. The third-order valence-electron chi connectivity index (χ3n) is 3.47. The minimum atomic E-state index is -3.56. The fourth-order valence-electron chi connectivity index (χ4n) is 1.80. The first kappa shape index (κ1) is 18.1. The molecule has 0 amide bonds. The fraction of sp³-hybridized carbons (Fsp3) is 0.600. The highest BCUT2D eigenvalue weighted by Crippen LogP contribution is 2.22. The number of hydrogen-bond donors (Lipinski definition) is 2. The fourth-order valence-corrected chi connectivity index (χ4v) is 2.53. The lowest BCUT2D eigenvalue weighted by molar-refractivity contribution is 0.0609. The Bertz CT molecular complexity index is 593. The van der Waals surface area contributed by atoms with E-state index in [1.165, 1.54) is 12.1 Å². The van der Waals surface area contributed by atoms with Gasteiger partial charge in [0.05, 0.1) is 6.10 Å². The molecular weight excluding hydrogens is 293 g/mol. The van der Waals surface area contributed by atoms with E-state index < -0.39 is 21.8 Å². The number of nitrogens with one attached hydrogen (secondary N) is 1. The molecule has 0 heterocycles. The van der Waals surface area contributed by atoms with Crippen LogP contribution in [0.2, 0.25) is 0 Å². The van der Waals surface area contributed by atoms with Crippen molar-refractivity contribution >= 4 is 9.84 Å². The van der Waals surface area contributed by atoms with Crippen molar-refractivity contribution in [2.75, 3.05) is 12.8 Å². The average molecular weight is 317 g/mol. The molecule has 0 saturated heterocycles. The lowest BCUT2D eigenvalue weighted by Gasteiger charge is -2.27. The van der Waals surface area contributed by atoms with Crippen molar-refractivity contribution in [3.8, 4) is 0 Å². The van der Waals surface area contributed by atoms with Crippen LogP contribution < -0.4 is 5.32 Å². The molecule has 4 nitrogen and oxygen atoms in total. The van der Waals surface area contributed by atoms with Crippen LogP contribution in [0.1, 0.15) is 39.3 Å². The third-order valence-corrected chi connectivity index (χ3v) is 4.60. The van der Waals surface area contributed by atoms with Crippen LogP contribution in [-0.2, 0) is 9.84 Å². The molecule has 1 rings (SSSR count). The molecule has 6 heteroatoms. The zero-order valence-corrected chi connectivity index (χ0v) is 14.0. The molecule has 21 heavy (non-hydrogen) atoms. The van der Waals surface area contributed by atoms with Gasteiger partial charge in [-0.05, 0) is 30.0 Å². The average Bonchev–Trinajstić information content (AvgIpc) is 2.32. The van der Waals surface area contributed by atoms with Gasteiger partial charge in [0.2, 0.25) is 0 Å². The van der Waals surface area contributed by atoms with Gasteiger partial charge >= 0.3 is 0 Å². The Labute approximate surface area is 126 Å². The van der Waals surface area contributed by atoms with E-state index in [9.17, 15) is 17.9 Å². The van der Waals surface area contributed by atoms with Crippen molar-refractivity contribution in [3.05, 3.63) is 29.6 Å². The van der Waals surface area contributed by atoms with Crippen LogP contribution in [0.3, 0.4) is 0 Å². The third kappa shape index (κ3) is 5.05. The highest BCUT2D eigenvalue weighted by Gasteiger charge is 2.22. The van der Waals surface area contributed by atoms with E-state index in [0.29, 0.717) is 12.1 Å². The molecule has 0 radical (unpaired) electrons. The largest absolute Gasteiger partial charge is 0.391 e. The summed E-state index contributed by atoms with van der Waals surface area (Å²) in [4.78, 5) is -0.298. The molecule has 0 aliphatic rings. The normalized spacial score (nSPS) is 15.8. The summed E-state index contributed by atoms with van der Waals surface area (Å²) in [7, 11) is -3.56. The Balaban J connectivity index is 2.81. The minimum absolute atomic E-state index is 0.190. The summed E-state index contributed by atoms with van der Waals surface area (Å²) in [5, 5.41) is 13.1. The first-order valence-corrected chi connectivity index (χ1v) is 8.73. The maximum absolute atomic E-state index is 13.8. The van der Waals surface area contributed by atoms with Crippen molar-refractivity contribution in [2.45, 2.75) is 44.7 Å². The van der Waals surface area contributed by atoms with Gasteiger partial charge in [0, 0.05) is 18.8 Å². The summed E-state index contributed by atoms with van der Waals surface area (Å²) >= 11 is 0. The molecule has 2 unspecified atom stereocenters. The molecule has 0 aliphatic heterocycles. The standard InChI is InChI=1S/C15H24FNO3S/c1-10(17-9-14(18)15(2,3)4)11-6-7-13(12(16)8-11)21(5,19)20/h6-8,10,14,17-18H,9H2,1-5H3. The molecule has 1 aromatic carbocycles. The number of halogens is 1. The molecular formula is C15H24FNO3S. The smallest absolute Gasteiger partial charge is 0.178 e. The second-order valence-corrected chi connectivity index (χ2v) is 8.46. The molecule has 0 spiro atoms. The Hall–Kier alpha value is -0.980. The molecule has 120 valence electrons. The number of aliphatic hydroxyl groups is 1. The van der Waals surface area contributed by atoms with Gasteiger partial charge in [0.15, 0.2) is 9.84 Å². The van der Waals surface area contributed by atoms with Crippen LogP contribution in [0.5, 0.6) is 0 Å². The van der Waals surface area contributed by atoms with E-state index in [0.717, 1.165) is 6.26 Å². The van der Waals surface area contributed by atoms with Crippen molar-refractivity contribution in [1.82, 2.24) is 5.32 Å². The highest BCUT2D eigenvalue weighted by molar-refractivity contribution is 7.90. The van der Waals surface area contributed by atoms with Crippen molar-refractivity contribution in [3.63, 3.8) is 0 Å². The zero-order chi connectivity index (χ0) is 16.4. The Morgan fingerprint density at radius 3 is 2.33 bits per heavy atom. The second-order valence-electron chi connectivity index (χ2n) is 6.47. The first-order chi connectivity index (χ1) is 9.43. The Kier molecular flexibility index (Phi) is 5.52. The van der Waals surface area contributed by atoms with Crippen molar-refractivity contribution in [1.29, 1.82) is 0 Å². The Morgan fingerprint density at radius 1 is 1.33 bits per heavy atom. The van der Waals surface area contributed by atoms with Crippen LogP contribution in [0.4, 0.5) is 4.39 Å². The Morgan fingerprint density at radius 2 is 1.90 bits per heavy atom. The number of sulfone groups is 1. The van der Waals surface area contributed by atoms with Crippen LogP contribution in [0, 0.1) is 11.2 Å². The minimum Gasteiger partial charge on any atom is -0.391 e. The molecule has 2 atom stereocenters. The summed E-state index contributed by atoms with van der Waals surface area (Å²) in [6.45, 7) is 8.02. The number of aliphatic hydroxyl groups excluding tert-OH is 1. The van der Waals surface area contributed by atoms with Gasteiger partial charge in [-0.2, -0.15) is 0 Å². The summed E-state index contributed by atoms with van der Waals surface area (Å²) in [6.07, 6.45) is 0.451. The van der Waals surface area contributed by atoms with Gasteiger partial charge in [0.25, 0.3) is 0 Å². The van der Waals surface area contributed by atoms with Gasteiger partial charge in [-0.25, -0.2) is 12.8 Å². The van der Waals surface area contributed by atoms with Gasteiger partial charge in [-0.1, -0.05) is 26.8 Å². The maximum Gasteiger partial charge on any atom is 0.178 e. The van der Waals surface area contributed by atoms with Gasteiger partial charge in [-0.3, -0.25) is 0 Å². The number of rotatable bonds is 5. The molecule has 0 bridgehead atoms. The molecule has 0 fully saturated rings. The maximum atomic E-state index is 13.8. The first-order valence-electron chi connectivity index (χ1n) is 6.84. The predicted molar refractivity (Wildman–Crippen MR) is 81.4 cm³/mol. The van der Waals surface area contributed by atoms with Crippen molar-refractivity contribution < 1.29 is 17.9 Å². The van der Waals surface area contributed by atoms with E-state index in [1.54, 1.807) is 6.07 Å². The summed E-state index contributed by atoms with van der Waals surface area (Å²) in [6, 6.07) is 3.89. The molecule has 2 N–H and O–H groups in total. The summed E-state index contributed by atoms with van der Waals surface area (Å²) in [5.74, 6) is -0.750. The summed E-state index contributed by atoms with van der Waals surface area (Å²) < 4.78 is 36.6. The van der Waals surface area contributed by atoms with E-state index >= 15 is 0 Å². The monoisotopic (exact) mass is 317 g/mol. The van der Waals surface area contributed by atoms with Crippen LogP contribution >= 0.6 is 0 Å². The van der Waals surface area contributed by atoms with E-state index in [4.69, 9.17) is 0 Å². The number of hydrogen-bond acceptors (Lipinski definition) is 4. The number of benzene rings is 1. The van der Waals surface area contributed by atoms with Gasteiger partial charge in [0.1, 0.15) is 10.7 Å². The molecule has 0 aliphatic carbocycles. The SMILES string of the molecule is CC(NCC(O)C(C)(C)C)c1ccc(S(C)(=O)=O)c(F)c1. The zero-order valence-electron chi connectivity index (χ0n) is 13.1. The summed E-state index contributed by atoms with van der Waals surface area (Å²) in [5.41, 5.74) is 0.402. The van der Waals surface area contributed by atoms with Crippen LogP contribution in [-0.4, -0.2) is 32.4 Å². The topological polar surface area (TPSA) is 66.4 Å². The lowest BCUT2D eigenvalue weighted by atomic mass is 9.89. The van der Waals surface area contributed by atoms with Gasteiger partial charge < -0.3 is 10.4 Å². The van der Waals surface area contributed by atoms with E-state index in [1.807, 2.05) is 27.7 Å². The van der Waals surface area contributed by atoms with Crippen molar-refractivity contribution in [2.24, 2.45) is 5.41 Å². The molecule has 1 aromatic rings.